The smallest absolute Gasteiger partial charge is 0.408 e. The Kier molecular flexibility index (Phi) is 5.19. The van der Waals surface area contributed by atoms with Crippen molar-refractivity contribution in [3.8, 4) is 11.3 Å². The average molecular weight is 384 g/mol. The molecule has 0 aliphatic carbocycles. The SMILES string of the molecule is CC(=O)N1c2ccc(-c3cn(C)cn3)cc2[C@H](NC(=O)OC(C)(C)C)C[C@@H]1C. The number of imidazole rings is 1. The summed E-state index contributed by atoms with van der Waals surface area (Å²) in [6, 6.07) is 5.60. The predicted octanol–water partition coefficient (Wildman–Crippen LogP) is 3.80. The summed E-state index contributed by atoms with van der Waals surface area (Å²) in [5, 5.41) is 2.98. The molecule has 0 saturated carbocycles. The summed E-state index contributed by atoms with van der Waals surface area (Å²) in [4.78, 5) is 30.8. The number of benzene rings is 1. The summed E-state index contributed by atoms with van der Waals surface area (Å²) in [5.74, 6) is -0.0185. The number of ether oxygens (including phenoxy) is 1. The third kappa shape index (κ3) is 4.18. The van der Waals surface area contributed by atoms with E-state index >= 15 is 0 Å². The Morgan fingerprint density at radius 2 is 2.00 bits per heavy atom. The van der Waals surface area contributed by atoms with Crippen LogP contribution in [0.3, 0.4) is 0 Å². The number of nitrogens with zero attached hydrogens (tertiary/aromatic N) is 3. The summed E-state index contributed by atoms with van der Waals surface area (Å²) >= 11 is 0. The molecule has 2 amide bonds. The van der Waals surface area contributed by atoms with Crippen LogP contribution in [0.1, 0.15) is 52.6 Å². The van der Waals surface area contributed by atoms with Crippen LogP contribution in [0.5, 0.6) is 0 Å². The Morgan fingerprint density at radius 3 is 2.57 bits per heavy atom. The number of hydrogen-bond acceptors (Lipinski definition) is 4. The summed E-state index contributed by atoms with van der Waals surface area (Å²) in [6.07, 6.45) is 3.83. The number of carbonyl (C=O) groups is 2. The Morgan fingerprint density at radius 1 is 1.29 bits per heavy atom. The molecule has 1 aliphatic rings. The quantitative estimate of drug-likeness (QED) is 0.854. The van der Waals surface area contributed by atoms with Crippen LogP contribution < -0.4 is 10.2 Å². The van der Waals surface area contributed by atoms with E-state index in [2.05, 4.69) is 10.3 Å². The summed E-state index contributed by atoms with van der Waals surface area (Å²) in [6.45, 7) is 9.05. The van der Waals surface area contributed by atoms with E-state index in [-0.39, 0.29) is 18.0 Å². The van der Waals surface area contributed by atoms with Gasteiger partial charge in [-0.25, -0.2) is 9.78 Å². The van der Waals surface area contributed by atoms with Gasteiger partial charge in [-0.3, -0.25) is 4.79 Å². The van der Waals surface area contributed by atoms with Gasteiger partial charge in [0.1, 0.15) is 5.60 Å². The molecule has 7 heteroatoms. The lowest BCUT2D eigenvalue weighted by Crippen LogP contribution is -2.46. The second kappa shape index (κ2) is 7.30. The van der Waals surface area contributed by atoms with Crippen LogP contribution in [0.4, 0.5) is 10.5 Å². The second-order valence-electron chi connectivity index (χ2n) is 8.37. The number of anilines is 1. The van der Waals surface area contributed by atoms with Crippen molar-refractivity contribution in [3.05, 3.63) is 36.3 Å². The molecule has 1 aliphatic heterocycles. The highest BCUT2D eigenvalue weighted by Gasteiger charge is 2.34. The largest absolute Gasteiger partial charge is 0.444 e. The fourth-order valence-corrected chi connectivity index (χ4v) is 3.65. The number of fused-ring (bicyclic) bond motifs is 1. The van der Waals surface area contributed by atoms with Crippen LogP contribution in [0.25, 0.3) is 11.3 Å². The van der Waals surface area contributed by atoms with Crippen molar-refractivity contribution in [1.82, 2.24) is 14.9 Å². The highest BCUT2D eigenvalue weighted by molar-refractivity contribution is 5.94. The molecule has 2 atom stereocenters. The molecule has 2 heterocycles. The third-order valence-electron chi connectivity index (χ3n) is 4.71. The van der Waals surface area contributed by atoms with E-state index in [4.69, 9.17) is 4.74 Å². The molecule has 1 aromatic heterocycles. The number of amides is 2. The van der Waals surface area contributed by atoms with Gasteiger partial charge >= 0.3 is 6.09 Å². The first-order valence-electron chi connectivity index (χ1n) is 9.47. The van der Waals surface area contributed by atoms with Gasteiger partial charge in [-0.1, -0.05) is 6.07 Å². The number of alkyl carbamates (subject to hydrolysis) is 1. The van der Waals surface area contributed by atoms with Crippen molar-refractivity contribution in [2.24, 2.45) is 7.05 Å². The zero-order valence-electron chi connectivity index (χ0n) is 17.3. The topological polar surface area (TPSA) is 76.5 Å². The van der Waals surface area contributed by atoms with Crippen LogP contribution in [0, 0.1) is 0 Å². The van der Waals surface area contributed by atoms with E-state index in [0.29, 0.717) is 6.42 Å². The van der Waals surface area contributed by atoms with Crippen LogP contribution in [-0.4, -0.2) is 33.2 Å². The highest BCUT2D eigenvalue weighted by Crippen LogP contribution is 2.39. The van der Waals surface area contributed by atoms with Gasteiger partial charge in [-0.2, -0.15) is 0 Å². The van der Waals surface area contributed by atoms with E-state index in [1.165, 1.54) is 0 Å². The molecule has 0 bridgehead atoms. The lowest BCUT2D eigenvalue weighted by Gasteiger charge is -2.39. The van der Waals surface area contributed by atoms with Gasteiger partial charge in [0.15, 0.2) is 0 Å². The first-order chi connectivity index (χ1) is 13.0. The number of aromatic nitrogens is 2. The zero-order chi connectivity index (χ0) is 20.6. The van der Waals surface area contributed by atoms with Crippen molar-refractivity contribution in [3.63, 3.8) is 0 Å². The maximum atomic E-state index is 12.4. The molecule has 0 unspecified atom stereocenters. The normalized spacial score (nSPS) is 19.1. The van der Waals surface area contributed by atoms with E-state index in [0.717, 1.165) is 22.5 Å². The predicted molar refractivity (Wildman–Crippen MR) is 108 cm³/mol. The lowest BCUT2D eigenvalue weighted by atomic mass is 9.90. The average Bonchev–Trinajstić information content (AvgIpc) is 2.98. The summed E-state index contributed by atoms with van der Waals surface area (Å²) in [7, 11) is 1.92. The van der Waals surface area contributed by atoms with Gasteiger partial charge in [0.2, 0.25) is 5.91 Å². The fourth-order valence-electron chi connectivity index (χ4n) is 3.65. The van der Waals surface area contributed by atoms with E-state index in [1.807, 2.05) is 63.7 Å². The molecule has 1 N–H and O–H groups in total. The van der Waals surface area contributed by atoms with Crippen molar-refractivity contribution in [1.29, 1.82) is 0 Å². The fraction of sp³-hybridized carbons (Fsp3) is 0.476. The molecule has 7 nitrogen and oxygen atoms in total. The second-order valence-corrected chi connectivity index (χ2v) is 8.37. The Bertz CT molecular complexity index is 897. The Balaban J connectivity index is 2.00. The molecule has 0 fully saturated rings. The summed E-state index contributed by atoms with van der Waals surface area (Å²) in [5.41, 5.74) is 2.91. The number of nitrogens with one attached hydrogen (secondary N) is 1. The molecule has 1 aromatic carbocycles. The number of hydrogen-bond donors (Lipinski definition) is 1. The number of rotatable bonds is 2. The van der Waals surface area contributed by atoms with E-state index < -0.39 is 11.7 Å². The monoisotopic (exact) mass is 384 g/mol. The minimum absolute atomic E-state index is 0.0185. The van der Waals surface area contributed by atoms with Gasteiger partial charge < -0.3 is 19.5 Å². The molecular weight excluding hydrogens is 356 g/mol. The molecule has 2 aromatic rings. The minimum atomic E-state index is -0.575. The van der Waals surface area contributed by atoms with Crippen molar-refractivity contribution < 1.29 is 14.3 Å². The van der Waals surface area contributed by atoms with Crippen molar-refractivity contribution in [2.75, 3.05) is 4.90 Å². The van der Waals surface area contributed by atoms with Crippen molar-refractivity contribution in [2.45, 2.75) is 58.7 Å². The molecule has 150 valence electrons. The number of aryl methyl sites for hydroxylation is 1. The molecule has 0 radical (unpaired) electrons. The molecule has 0 spiro atoms. The minimum Gasteiger partial charge on any atom is -0.444 e. The third-order valence-corrected chi connectivity index (χ3v) is 4.71. The molecule has 3 rings (SSSR count). The Hall–Kier alpha value is -2.83. The summed E-state index contributed by atoms with van der Waals surface area (Å²) < 4.78 is 7.32. The lowest BCUT2D eigenvalue weighted by molar-refractivity contribution is -0.117. The molecule has 28 heavy (non-hydrogen) atoms. The van der Waals surface area contributed by atoms with Crippen molar-refractivity contribution >= 4 is 17.7 Å². The number of carbonyl (C=O) groups excluding carboxylic acids is 2. The molecular formula is C21H28N4O3. The van der Waals surface area contributed by atoms with E-state index in [1.54, 1.807) is 18.2 Å². The van der Waals surface area contributed by atoms with Crippen LogP contribution in [0.2, 0.25) is 0 Å². The van der Waals surface area contributed by atoms with Crippen LogP contribution in [0.15, 0.2) is 30.7 Å². The van der Waals surface area contributed by atoms with Crippen LogP contribution >= 0.6 is 0 Å². The standard InChI is InChI=1S/C21H28N4O3/c1-13-9-17(23-20(27)28-21(3,4)5)16-10-15(18-11-24(6)12-22-18)7-8-19(16)25(13)14(2)26/h7-8,10-13,17H,9H2,1-6H3,(H,23,27)/t13-,17+/m0/s1. The zero-order valence-corrected chi connectivity index (χ0v) is 17.3. The maximum absolute atomic E-state index is 12.4. The van der Waals surface area contributed by atoms with Gasteiger partial charge in [0, 0.05) is 37.5 Å². The Labute approximate surface area is 165 Å². The van der Waals surface area contributed by atoms with E-state index in [9.17, 15) is 9.59 Å². The van der Waals surface area contributed by atoms with Gasteiger partial charge in [0.05, 0.1) is 18.1 Å². The maximum Gasteiger partial charge on any atom is 0.408 e. The first-order valence-corrected chi connectivity index (χ1v) is 9.47. The van der Waals surface area contributed by atoms with Crippen LogP contribution in [-0.2, 0) is 16.6 Å². The highest BCUT2D eigenvalue weighted by atomic mass is 16.6. The first kappa shape index (κ1) is 19.9. The molecule has 0 saturated heterocycles. The van der Waals surface area contributed by atoms with Gasteiger partial charge in [0.25, 0.3) is 0 Å². The van der Waals surface area contributed by atoms with Gasteiger partial charge in [-0.05, 0) is 51.8 Å². The van der Waals surface area contributed by atoms with Gasteiger partial charge in [-0.15, -0.1) is 0 Å².